The van der Waals surface area contributed by atoms with Crippen LogP contribution in [0.3, 0.4) is 0 Å². The van der Waals surface area contributed by atoms with Crippen LogP contribution < -0.4 is 5.32 Å². The minimum absolute atomic E-state index is 0.115. The molecule has 1 atom stereocenters. The van der Waals surface area contributed by atoms with E-state index in [1.54, 1.807) is 48.5 Å². The third-order valence-corrected chi connectivity index (χ3v) is 5.22. The lowest BCUT2D eigenvalue weighted by Gasteiger charge is -2.25. The van der Waals surface area contributed by atoms with Gasteiger partial charge in [-0.2, -0.15) is 11.8 Å². The van der Waals surface area contributed by atoms with Crippen LogP contribution in [0.2, 0.25) is 0 Å². The molecule has 0 bridgehead atoms. The molecule has 0 spiro atoms. The van der Waals surface area contributed by atoms with Gasteiger partial charge in [0.05, 0.1) is 11.1 Å². The first-order valence-electron chi connectivity index (χ1n) is 8.81. The summed E-state index contributed by atoms with van der Waals surface area (Å²) in [6.07, 6.45) is 2.23. The highest BCUT2D eigenvalue weighted by Gasteiger charge is 2.42. The molecule has 28 heavy (non-hydrogen) atoms. The van der Waals surface area contributed by atoms with Crippen molar-refractivity contribution in [1.29, 1.82) is 0 Å². The van der Waals surface area contributed by atoms with Crippen molar-refractivity contribution in [3.8, 4) is 0 Å². The highest BCUT2D eigenvalue weighted by Crippen LogP contribution is 2.27. The molecule has 1 aliphatic rings. The van der Waals surface area contributed by atoms with Gasteiger partial charge in [-0.05, 0) is 49.6 Å². The van der Waals surface area contributed by atoms with E-state index in [-0.39, 0.29) is 5.78 Å². The molecule has 0 saturated heterocycles. The highest BCUT2D eigenvalue weighted by molar-refractivity contribution is 7.98. The minimum atomic E-state index is -0.930. The van der Waals surface area contributed by atoms with Gasteiger partial charge in [0.25, 0.3) is 11.8 Å². The number of hydrogen-bond donors (Lipinski definition) is 1. The van der Waals surface area contributed by atoms with Crippen LogP contribution in [-0.4, -0.2) is 46.5 Å². The summed E-state index contributed by atoms with van der Waals surface area (Å²) >= 11 is 1.53. The highest BCUT2D eigenvalue weighted by atomic mass is 32.2. The number of benzene rings is 2. The third kappa shape index (κ3) is 3.84. The molecule has 3 amide bonds. The quantitative estimate of drug-likeness (QED) is 0.574. The fourth-order valence-electron chi connectivity index (χ4n) is 3.14. The Bertz CT molecular complexity index is 922. The molecule has 0 aliphatic carbocycles. The molecule has 1 unspecified atom stereocenters. The van der Waals surface area contributed by atoms with E-state index in [1.807, 2.05) is 6.26 Å². The zero-order valence-corrected chi connectivity index (χ0v) is 16.4. The van der Waals surface area contributed by atoms with E-state index in [2.05, 4.69) is 5.32 Å². The number of ketones is 1. The van der Waals surface area contributed by atoms with Crippen LogP contribution in [0.4, 0.5) is 5.69 Å². The Hall–Kier alpha value is -2.93. The molecule has 2 aromatic rings. The van der Waals surface area contributed by atoms with Crippen molar-refractivity contribution in [2.75, 3.05) is 17.3 Å². The maximum absolute atomic E-state index is 13.0. The van der Waals surface area contributed by atoms with E-state index in [0.29, 0.717) is 34.6 Å². The summed E-state index contributed by atoms with van der Waals surface area (Å²) in [5.41, 5.74) is 1.55. The Morgan fingerprint density at radius 3 is 2.25 bits per heavy atom. The van der Waals surface area contributed by atoms with Gasteiger partial charge in [-0.3, -0.25) is 24.1 Å². The predicted octanol–water partition coefficient (Wildman–Crippen LogP) is 3.25. The monoisotopic (exact) mass is 396 g/mol. The summed E-state index contributed by atoms with van der Waals surface area (Å²) in [5, 5.41) is 2.74. The lowest BCUT2D eigenvalue weighted by molar-refractivity contribution is -0.120. The molecule has 6 nitrogen and oxygen atoms in total. The van der Waals surface area contributed by atoms with E-state index in [0.717, 1.165) is 4.90 Å². The molecular weight excluding hydrogens is 376 g/mol. The molecule has 0 radical (unpaired) electrons. The van der Waals surface area contributed by atoms with Gasteiger partial charge in [-0.1, -0.05) is 24.3 Å². The van der Waals surface area contributed by atoms with Gasteiger partial charge in [-0.15, -0.1) is 0 Å². The number of nitrogens with zero attached hydrogens (tertiary/aromatic N) is 1. The Kier molecular flexibility index (Phi) is 5.94. The fraction of sp³-hybridized carbons (Fsp3) is 0.238. The maximum atomic E-state index is 13.0. The van der Waals surface area contributed by atoms with Crippen LogP contribution in [0.15, 0.2) is 48.5 Å². The zero-order valence-electron chi connectivity index (χ0n) is 15.6. The molecule has 1 aliphatic heterocycles. The van der Waals surface area contributed by atoms with Gasteiger partial charge < -0.3 is 5.32 Å². The van der Waals surface area contributed by atoms with E-state index in [1.165, 1.54) is 18.7 Å². The van der Waals surface area contributed by atoms with Gasteiger partial charge in [0, 0.05) is 11.3 Å². The van der Waals surface area contributed by atoms with Crippen LogP contribution in [0.25, 0.3) is 0 Å². The molecule has 144 valence electrons. The summed E-state index contributed by atoms with van der Waals surface area (Å²) in [7, 11) is 0. The summed E-state index contributed by atoms with van der Waals surface area (Å²) in [6, 6.07) is 12.2. The summed E-state index contributed by atoms with van der Waals surface area (Å²) in [6.45, 7) is 1.45. The molecular formula is C21H20N2O4S. The van der Waals surface area contributed by atoms with Gasteiger partial charge in [0.2, 0.25) is 5.91 Å². The van der Waals surface area contributed by atoms with E-state index < -0.39 is 23.8 Å². The molecule has 7 heteroatoms. The molecule has 0 saturated carbocycles. The Balaban J connectivity index is 1.87. The number of rotatable bonds is 7. The SMILES string of the molecule is CSCCC(C(=O)Nc1cccc(C(C)=O)c1)N1C(=O)c2ccccc2C1=O. The topological polar surface area (TPSA) is 83.6 Å². The van der Waals surface area contributed by atoms with Crippen LogP contribution in [-0.2, 0) is 4.79 Å². The van der Waals surface area contributed by atoms with E-state index >= 15 is 0 Å². The first kappa shape index (κ1) is 19.8. The number of thioether (sulfide) groups is 1. The minimum Gasteiger partial charge on any atom is -0.324 e. The number of fused-ring (bicyclic) bond motifs is 1. The molecule has 0 fully saturated rings. The first-order valence-corrected chi connectivity index (χ1v) is 10.2. The van der Waals surface area contributed by atoms with Gasteiger partial charge >= 0.3 is 0 Å². The average Bonchev–Trinajstić information content (AvgIpc) is 2.94. The predicted molar refractivity (Wildman–Crippen MR) is 109 cm³/mol. The standard InChI is InChI=1S/C21H20N2O4S/c1-13(24)14-6-5-7-15(12-14)22-19(25)18(10-11-28-2)23-20(26)16-8-3-4-9-17(16)21(23)27/h3-9,12,18H,10-11H2,1-2H3,(H,22,25). The van der Waals surface area contributed by atoms with Crippen molar-refractivity contribution < 1.29 is 19.2 Å². The lowest BCUT2D eigenvalue weighted by atomic mass is 10.1. The number of hydrogen-bond acceptors (Lipinski definition) is 5. The van der Waals surface area contributed by atoms with Gasteiger partial charge in [-0.25, -0.2) is 0 Å². The molecule has 2 aromatic carbocycles. The zero-order chi connectivity index (χ0) is 20.3. The molecule has 0 aromatic heterocycles. The molecule has 1 heterocycles. The van der Waals surface area contributed by atoms with E-state index in [4.69, 9.17) is 0 Å². The first-order chi connectivity index (χ1) is 13.4. The van der Waals surface area contributed by atoms with Crippen molar-refractivity contribution in [1.82, 2.24) is 4.90 Å². The number of Topliss-reactive ketones (excluding diaryl/α,β-unsaturated/α-hetero) is 1. The number of imide groups is 1. The summed E-state index contributed by atoms with van der Waals surface area (Å²) < 4.78 is 0. The number of carbonyl (C=O) groups is 4. The van der Waals surface area contributed by atoms with Gasteiger partial charge in [0.1, 0.15) is 6.04 Å². The van der Waals surface area contributed by atoms with Crippen LogP contribution in [0, 0.1) is 0 Å². The number of carbonyl (C=O) groups excluding carboxylic acids is 4. The van der Waals surface area contributed by atoms with E-state index in [9.17, 15) is 19.2 Å². The summed E-state index contributed by atoms with van der Waals surface area (Å²) in [4.78, 5) is 51.2. The second-order valence-electron chi connectivity index (χ2n) is 6.45. The number of anilines is 1. The van der Waals surface area contributed by atoms with Crippen LogP contribution >= 0.6 is 11.8 Å². The average molecular weight is 396 g/mol. The Labute approximate surface area is 167 Å². The molecule has 1 N–H and O–H groups in total. The second kappa shape index (κ2) is 8.39. The Morgan fingerprint density at radius 1 is 1.04 bits per heavy atom. The van der Waals surface area contributed by atoms with Crippen molar-refractivity contribution in [3.05, 3.63) is 65.2 Å². The van der Waals surface area contributed by atoms with Crippen molar-refractivity contribution in [2.24, 2.45) is 0 Å². The van der Waals surface area contributed by atoms with Crippen LogP contribution in [0.5, 0.6) is 0 Å². The second-order valence-corrected chi connectivity index (χ2v) is 7.44. The summed E-state index contributed by atoms with van der Waals surface area (Å²) in [5.74, 6) is -0.878. The molecule has 3 rings (SSSR count). The van der Waals surface area contributed by atoms with Crippen molar-refractivity contribution in [2.45, 2.75) is 19.4 Å². The van der Waals surface area contributed by atoms with Gasteiger partial charge in [0.15, 0.2) is 5.78 Å². The third-order valence-electron chi connectivity index (χ3n) is 4.57. The largest absolute Gasteiger partial charge is 0.324 e. The van der Waals surface area contributed by atoms with Crippen LogP contribution in [0.1, 0.15) is 44.4 Å². The smallest absolute Gasteiger partial charge is 0.262 e. The Morgan fingerprint density at radius 2 is 1.68 bits per heavy atom. The van der Waals surface area contributed by atoms with Crippen molar-refractivity contribution >= 4 is 41.0 Å². The lowest BCUT2D eigenvalue weighted by Crippen LogP contribution is -2.47. The fourth-order valence-corrected chi connectivity index (χ4v) is 3.60. The van der Waals surface area contributed by atoms with Crippen molar-refractivity contribution in [3.63, 3.8) is 0 Å². The maximum Gasteiger partial charge on any atom is 0.262 e. The number of amides is 3. The number of nitrogens with one attached hydrogen (secondary N) is 1. The normalized spacial score (nSPS) is 14.0.